The van der Waals surface area contributed by atoms with Gasteiger partial charge in [0.25, 0.3) is 0 Å². The van der Waals surface area contributed by atoms with Crippen LogP contribution >= 0.6 is 0 Å². The number of hydrogen-bond donors (Lipinski definition) is 1. The Hall–Kier alpha value is -2.76. The van der Waals surface area contributed by atoms with Gasteiger partial charge in [0, 0.05) is 37.1 Å². The van der Waals surface area contributed by atoms with Crippen LogP contribution in [0.2, 0.25) is 0 Å². The van der Waals surface area contributed by atoms with Gasteiger partial charge in [0.2, 0.25) is 5.91 Å². The third kappa shape index (κ3) is 4.47. The van der Waals surface area contributed by atoms with Crippen LogP contribution in [0.25, 0.3) is 0 Å². The van der Waals surface area contributed by atoms with E-state index in [9.17, 15) is 9.59 Å². The minimum absolute atomic E-state index is 0.0248. The summed E-state index contributed by atoms with van der Waals surface area (Å²) in [6.45, 7) is 11.3. The summed E-state index contributed by atoms with van der Waals surface area (Å²) in [5.41, 5.74) is 3.40. The zero-order chi connectivity index (χ0) is 21.1. The molecule has 0 saturated heterocycles. The van der Waals surface area contributed by atoms with Crippen molar-refractivity contribution in [1.82, 2.24) is 19.7 Å². The third-order valence-electron chi connectivity index (χ3n) is 5.44. The second-order valence-electron chi connectivity index (χ2n) is 8.30. The van der Waals surface area contributed by atoms with Crippen LogP contribution in [0.1, 0.15) is 50.6 Å². The summed E-state index contributed by atoms with van der Waals surface area (Å²) in [7, 11) is 0. The van der Waals surface area contributed by atoms with Gasteiger partial charge in [-0.2, -0.15) is 0 Å². The molecule has 0 saturated carbocycles. The molecule has 1 aromatic heterocycles. The number of nitrogens with one attached hydrogen (secondary N) is 1. The molecule has 0 radical (unpaired) electrons. The van der Waals surface area contributed by atoms with Gasteiger partial charge in [-0.25, -0.2) is 4.79 Å². The second-order valence-corrected chi connectivity index (χ2v) is 8.30. The van der Waals surface area contributed by atoms with Gasteiger partial charge in [-0.3, -0.25) is 4.79 Å². The summed E-state index contributed by atoms with van der Waals surface area (Å²) < 4.78 is 2.21. The largest absolute Gasteiger partial charge is 0.348 e. The van der Waals surface area contributed by atoms with Gasteiger partial charge in [-0.15, -0.1) is 0 Å². The van der Waals surface area contributed by atoms with E-state index in [-0.39, 0.29) is 36.6 Å². The Labute approximate surface area is 173 Å². The number of aromatic nitrogens is 1. The summed E-state index contributed by atoms with van der Waals surface area (Å²) in [6.07, 6.45) is 2.07. The Kier molecular flexibility index (Phi) is 6.30. The van der Waals surface area contributed by atoms with Gasteiger partial charge in [0.05, 0.1) is 6.04 Å². The lowest BCUT2D eigenvalue weighted by atomic mass is 9.95. The first-order valence-electron chi connectivity index (χ1n) is 10.4. The average molecular weight is 397 g/mol. The monoisotopic (exact) mass is 396 g/mol. The number of carbonyl (C=O) groups is 2. The Bertz CT molecular complexity index is 871. The maximum atomic E-state index is 13.4. The lowest BCUT2D eigenvalue weighted by Gasteiger charge is -2.39. The summed E-state index contributed by atoms with van der Waals surface area (Å²) in [4.78, 5) is 29.6. The van der Waals surface area contributed by atoms with Crippen LogP contribution in [0.4, 0.5) is 4.79 Å². The number of rotatable bonds is 5. The number of nitrogens with zero attached hydrogens (tertiary/aromatic N) is 3. The lowest BCUT2D eigenvalue weighted by molar-refractivity contribution is -0.134. The molecular formula is C23H32N4O2. The van der Waals surface area contributed by atoms with Crippen LogP contribution in [0.3, 0.4) is 0 Å². The van der Waals surface area contributed by atoms with Crippen molar-refractivity contribution in [1.29, 1.82) is 0 Å². The highest BCUT2D eigenvalue weighted by atomic mass is 16.2. The first kappa shape index (κ1) is 21.0. The topological polar surface area (TPSA) is 57.6 Å². The number of hydrogen-bond acceptors (Lipinski definition) is 2. The Morgan fingerprint density at radius 1 is 1.10 bits per heavy atom. The van der Waals surface area contributed by atoms with E-state index in [2.05, 4.69) is 41.2 Å². The summed E-state index contributed by atoms with van der Waals surface area (Å²) in [6, 6.07) is 11.9. The Morgan fingerprint density at radius 3 is 2.48 bits per heavy atom. The van der Waals surface area contributed by atoms with E-state index in [0.717, 1.165) is 23.4 Å². The quantitative estimate of drug-likeness (QED) is 0.840. The molecule has 156 valence electrons. The van der Waals surface area contributed by atoms with Gasteiger partial charge in [0.15, 0.2) is 0 Å². The van der Waals surface area contributed by atoms with Crippen LogP contribution < -0.4 is 5.32 Å². The highest BCUT2D eigenvalue weighted by Gasteiger charge is 2.34. The number of urea groups is 1. The van der Waals surface area contributed by atoms with E-state index < -0.39 is 0 Å². The van der Waals surface area contributed by atoms with Gasteiger partial charge < -0.3 is 19.7 Å². The van der Waals surface area contributed by atoms with Crippen molar-refractivity contribution >= 4 is 11.9 Å². The SMILES string of the molecule is Cc1ccccc1[C@H]1c2cccn2CCN1C(=O)CN(C(=O)NC(C)C)C(C)C. The number of benzene rings is 1. The smallest absolute Gasteiger partial charge is 0.318 e. The van der Waals surface area contributed by atoms with E-state index in [1.165, 1.54) is 0 Å². The van der Waals surface area contributed by atoms with Crippen molar-refractivity contribution in [3.05, 3.63) is 59.4 Å². The van der Waals surface area contributed by atoms with Crippen LogP contribution in [0.15, 0.2) is 42.6 Å². The van der Waals surface area contributed by atoms with Crippen molar-refractivity contribution < 1.29 is 9.59 Å². The van der Waals surface area contributed by atoms with Gasteiger partial charge in [0.1, 0.15) is 6.54 Å². The maximum Gasteiger partial charge on any atom is 0.318 e. The molecule has 0 spiro atoms. The highest BCUT2D eigenvalue weighted by Crippen LogP contribution is 2.34. The number of amides is 3. The average Bonchev–Trinajstić information content (AvgIpc) is 3.13. The standard InChI is InChI=1S/C23H32N4O2/c1-16(2)24-23(29)27(17(3)4)15-21(28)26-14-13-25-12-8-11-20(25)22(26)19-10-7-6-9-18(19)5/h6-12,16-17,22H,13-15H2,1-5H3,(H,24,29)/t22-/m0/s1. The van der Waals surface area contributed by atoms with Crippen molar-refractivity contribution in [2.75, 3.05) is 13.1 Å². The van der Waals surface area contributed by atoms with E-state index in [1.54, 1.807) is 4.90 Å². The predicted molar refractivity (Wildman–Crippen MR) is 115 cm³/mol. The fourth-order valence-electron chi connectivity index (χ4n) is 3.93. The molecule has 6 nitrogen and oxygen atoms in total. The number of carbonyl (C=O) groups excluding carboxylic acids is 2. The number of fused-ring (bicyclic) bond motifs is 1. The fourth-order valence-corrected chi connectivity index (χ4v) is 3.93. The zero-order valence-electron chi connectivity index (χ0n) is 18.1. The minimum atomic E-state index is -0.198. The second kappa shape index (κ2) is 8.72. The molecule has 1 atom stereocenters. The molecule has 3 amide bonds. The van der Waals surface area contributed by atoms with Gasteiger partial charge in [-0.1, -0.05) is 24.3 Å². The molecule has 0 fully saturated rings. The Balaban J connectivity index is 1.90. The van der Waals surface area contributed by atoms with Gasteiger partial charge in [-0.05, 0) is 57.9 Å². The molecule has 0 unspecified atom stereocenters. The Morgan fingerprint density at radius 2 is 1.83 bits per heavy atom. The molecule has 1 aliphatic heterocycles. The summed E-state index contributed by atoms with van der Waals surface area (Å²) >= 11 is 0. The van der Waals surface area contributed by atoms with Crippen molar-refractivity contribution in [2.24, 2.45) is 0 Å². The van der Waals surface area contributed by atoms with E-state index in [0.29, 0.717) is 6.54 Å². The maximum absolute atomic E-state index is 13.4. The summed E-state index contributed by atoms with van der Waals surface area (Å²) in [5, 5.41) is 2.91. The van der Waals surface area contributed by atoms with E-state index in [1.807, 2.05) is 50.8 Å². The lowest BCUT2D eigenvalue weighted by Crippen LogP contribution is -2.52. The number of aryl methyl sites for hydroxylation is 1. The molecule has 6 heteroatoms. The van der Waals surface area contributed by atoms with Crippen LogP contribution in [0, 0.1) is 6.92 Å². The van der Waals surface area contributed by atoms with Crippen LogP contribution in [-0.4, -0.2) is 51.5 Å². The molecule has 1 aliphatic rings. The fraction of sp³-hybridized carbons (Fsp3) is 0.478. The molecule has 1 aromatic carbocycles. The van der Waals surface area contributed by atoms with Crippen molar-refractivity contribution in [3.8, 4) is 0 Å². The van der Waals surface area contributed by atoms with Crippen LogP contribution in [0.5, 0.6) is 0 Å². The molecular weight excluding hydrogens is 364 g/mol. The zero-order valence-corrected chi connectivity index (χ0v) is 18.1. The van der Waals surface area contributed by atoms with E-state index in [4.69, 9.17) is 0 Å². The predicted octanol–water partition coefficient (Wildman–Crippen LogP) is 3.56. The molecule has 1 N–H and O–H groups in total. The third-order valence-corrected chi connectivity index (χ3v) is 5.44. The molecule has 29 heavy (non-hydrogen) atoms. The van der Waals surface area contributed by atoms with Crippen LogP contribution in [-0.2, 0) is 11.3 Å². The molecule has 0 bridgehead atoms. The van der Waals surface area contributed by atoms with E-state index >= 15 is 0 Å². The van der Waals surface area contributed by atoms with Crippen molar-refractivity contribution in [2.45, 2.75) is 59.3 Å². The molecule has 2 heterocycles. The summed E-state index contributed by atoms with van der Waals surface area (Å²) in [5.74, 6) is -0.0293. The molecule has 2 aromatic rings. The molecule has 0 aliphatic carbocycles. The molecule has 3 rings (SSSR count). The normalized spacial score (nSPS) is 16.1. The van der Waals surface area contributed by atoms with Gasteiger partial charge >= 0.3 is 6.03 Å². The first-order chi connectivity index (χ1) is 13.8. The minimum Gasteiger partial charge on any atom is -0.348 e. The first-order valence-corrected chi connectivity index (χ1v) is 10.4. The van der Waals surface area contributed by atoms with Crippen molar-refractivity contribution in [3.63, 3.8) is 0 Å². The highest BCUT2D eigenvalue weighted by molar-refractivity contribution is 5.85.